The molecule has 0 bridgehead atoms. The van der Waals surface area contributed by atoms with Crippen LogP contribution in [0.1, 0.15) is 4.88 Å². The van der Waals surface area contributed by atoms with Crippen LogP contribution in [0.25, 0.3) is 0 Å². The van der Waals surface area contributed by atoms with Gasteiger partial charge in [0, 0.05) is 18.1 Å². The molecule has 1 amide bonds. The molecule has 2 rings (SSSR count). The minimum Gasteiger partial charge on any atom is -0.358 e. The van der Waals surface area contributed by atoms with Crippen molar-refractivity contribution in [3.63, 3.8) is 0 Å². The van der Waals surface area contributed by atoms with Crippen LogP contribution in [0.2, 0.25) is 0 Å². The number of nitrogens with one attached hydrogen (secondary N) is 2. The van der Waals surface area contributed by atoms with E-state index in [1.54, 1.807) is 13.0 Å². The van der Waals surface area contributed by atoms with Crippen LogP contribution in [-0.2, 0) is 21.4 Å². The summed E-state index contributed by atoms with van der Waals surface area (Å²) in [6, 6.07) is 1.55. The first kappa shape index (κ1) is 16.0. The lowest BCUT2D eigenvalue weighted by molar-refractivity contribution is -0.121. The lowest BCUT2D eigenvalue weighted by atomic mass is 10.5. The maximum absolute atomic E-state index is 12.3. The largest absolute Gasteiger partial charge is 0.358 e. The number of hydrogen-bond donors (Lipinski definition) is 2. The first-order valence-electron chi connectivity index (χ1n) is 5.83. The highest BCUT2D eigenvalue weighted by Crippen LogP contribution is 2.30. The van der Waals surface area contributed by atoms with Crippen LogP contribution in [0, 0.1) is 6.92 Å². The first-order valence-corrected chi connectivity index (χ1v) is 8.93. The molecule has 114 valence electrons. The minimum absolute atomic E-state index is 0.0290. The number of amides is 1. The summed E-state index contributed by atoms with van der Waals surface area (Å²) in [5.41, 5.74) is 0.306. The van der Waals surface area contributed by atoms with Gasteiger partial charge in [0.1, 0.15) is 11.4 Å². The zero-order chi connectivity index (χ0) is 15.6. The third kappa shape index (κ3) is 3.83. The number of carbonyl (C=O) groups is 1. The van der Waals surface area contributed by atoms with E-state index in [9.17, 15) is 13.2 Å². The van der Waals surface area contributed by atoms with E-state index < -0.39 is 10.0 Å². The third-order valence-electron chi connectivity index (χ3n) is 2.60. The number of thiophene rings is 1. The van der Waals surface area contributed by atoms with Crippen molar-refractivity contribution in [2.24, 2.45) is 0 Å². The number of anilines is 1. The molecule has 0 fully saturated rings. The van der Waals surface area contributed by atoms with E-state index in [1.807, 2.05) is 0 Å². The van der Waals surface area contributed by atoms with Gasteiger partial charge in [0.05, 0.1) is 15.7 Å². The standard InChI is InChI=1S/C11H13BrN4O3S2/c1-7-9(3-10(12)20-7)21(18,19)15-8-4-14-16(5-8)6-11(17)13-2/h3-5,15H,6H2,1-2H3,(H,13,17). The van der Waals surface area contributed by atoms with Crippen LogP contribution in [-0.4, -0.2) is 31.2 Å². The van der Waals surface area contributed by atoms with Gasteiger partial charge in [0.2, 0.25) is 5.91 Å². The molecule has 10 heteroatoms. The van der Waals surface area contributed by atoms with Crippen molar-refractivity contribution in [3.8, 4) is 0 Å². The molecular weight excluding hydrogens is 380 g/mol. The van der Waals surface area contributed by atoms with Crippen LogP contribution in [0.3, 0.4) is 0 Å². The molecule has 0 radical (unpaired) electrons. The summed E-state index contributed by atoms with van der Waals surface area (Å²) in [6.45, 7) is 1.76. The Kier molecular flexibility index (Phi) is 4.69. The van der Waals surface area contributed by atoms with E-state index in [0.717, 1.165) is 3.79 Å². The van der Waals surface area contributed by atoms with Crippen LogP contribution in [0.4, 0.5) is 5.69 Å². The second-order valence-electron chi connectivity index (χ2n) is 4.18. The van der Waals surface area contributed by atoms with E-state index in [1.165, 1.54) is 35.5 Å². The van der Waals surface area contributed by atoms with Crippen LogP contribution in [0.5, 0.6) is 0 Å². The van der Waals surface area contributed by atoms with Crippen molar-refractivity contribution in [2.75, 3.05) is 11.8 Å². The molecule has 7 nitrogen and oxygen atoms in total. The van der Waals surface area contributed by atoms with Gasteiger partial charge in [0.25, 0.3) is 10.0 Å². The van der Waals surface area contributed by atoms with Crippen LogP contribution < -0.4 is 10.0 Å². The van der Waals surface area contributed by atoms with Gasteiger partial charge in [-0.25, -0.2) is 8.42 Å². The highest BCUT2D eigenvalue weighted by Gasteiger charge is 2.20. The number of nitrogens with zero attached hydrogens (tertiary/aromatic N) is 2. The molecule has 21 heavy (non-hydrogen) atoms. The molecule has 0 aliphatic rings. The van der Waals surface area contributed by atoms with E-state index in [4.69, 9.17) is 0 Å². The summed E-state index contributed by atoms with van der Waals surface area (Å²) < 4.78 is 29.1. The zero-order valence-corrected chi connectivity index (χ0v) is 14.5. The van der Waals surface area contributed by atoms with Gasteiger partial charge in [-0.15, -0.1) is 11.3 Å². The fourth-order valence-electron chi connectivity index (χ4n) is 1.64. The van der Waals surface area contributed by atoms with Crippen molar-refractivity contribution in [3.05, 3.63) is 27.1 Å². The lowest BCUT2D eigenvalue weighted by Crippen LogP contribution is -2.23. The number of carbonyl (C=O) groups excluding carboxylic acids is 1. The van der Waals surface area contributed by atoms with Crippen molar-refractivity contribution >= 4 is 48.9 Å². The highest BCUT2D eigenvalue weighted by molar-refractivity contribution is 9.11. The second kappa shape index (κ2) is 6.16. The molecular formula is C11H13BrN4O3S2. The minimum atomic E-state index is -3.67. The Morgan fingerprint density at radius 3 is 2.81 bits per heavy atom. The van der Waals surface area contributed by atoms with Crippen LogP contribution in [0.15, 0.2) is 27.1 Å². The molecule has 0 saturated carbocycles. The number of halogens is 1. The maximum atomic E-state index is 12.3. The van der Waals surface area contributed by atoms with Crippen molar-refractivity contribution in [1.82, 2.24) is 15.1 Å². The summed E-state index contributed by atoms with van der Waals surface area (Å²) in [4.78, 5) is 12.1. The van der Waals surface area contributed by atoms with E-state index >= 15 is 0 Å². The third-order valence-corrected chi connectivity index (χ3v) is 5.79. The Morgan fingerprint density at radius 2 is 2.24 bits per heavy atom. The molecule has 0 atom stereocenters. The molecule has 2 aromatic heterocycles. The van der Waals surface area contributed by atoms with Crippen molar-refractivity contribution < 1.29 is 13.2 Å². The van der Waals surface area contributed by atoms with Crippen molar-refractivity contribution in [1.29, 1.82) is 0 Å². The molecule has 0 spiro atoms. The lowest BCUT2D eigenvalue weighted by Gasteiger charge is -2.04. The predicted octanol–water partition coefficient (Wildman–Crippen LogP) is 1.56. The molecule has 2 N–H and O–H groups in total. The Hall–Kier alpha value is -1.39. The van der Waals surface area contributed by atoms with E-state index in [0.29, 0.717) is 10.6 Å². The molecule has 0 aliphatic carbocycles. The number of aromatic nitrogens is 2. The van der Waals surface area contributed by atoms with Gasteiger partial charge in [-0.3, -0.25) is 14.2 Å². The Balaban J connectivity index is 2.18. The Labute approximate surface area is 134 Å². The quantitative estimate of drug-likeness (QED) is 0.807. The van der Waals surface area contributed by atoms with Gasteiger partial charge in [-0.1, -0.05) is 0 Å². The number of rotatable bonds is 5. The SMILES string of the molecule is CNC(=O)Cn1cc(NS(=O)(=O)c2cc(Br)sc2C)cn1. The highest BCUT2D eigenvalue weighted by atomic mass is 79.9. The summed E-state index contributed by atoms with van der Waals surface area (Å²) >= 11 is 4.61. The molecule has 0 aromatic carbocycles. The maximum Gasteiger partial charge on any atom is 0.263 e. The van der Waals surface area contributed by atoms with Crippen LogP contribution >= 0.6 is 27.3 Å². The number of likely N-dealkylation sites (N-methyl/N-ethyl adjacent to an activating group) is 1. The topological polar surface area (TPSA) is 93.1 Å². The average Bonchev–Trinajstić information content (AvgIpc) is 2.95. The monoisotopic (exact) mass is 392 g/mol. The van der Waals surface area contributed by atoms with Gasteiger partial charge in [0.15, 0.2) is 0 Å². The number of sulfonamides is 1. The summed E-state index contributed by atoms with van der Waals surface area (Å²) in [5, 5.41) is 6.40. The summed E-state index contributed by atoms with van der Waals surface area (Å²) in [5.74, 6) is -0.217. The van der Waals surface area contributed by atoms with Gasteiger partial charge < -0.3 is 5.32 Å². The van der Waals surface area contributed by atoms with E-state index in [-0.39, 0.29) is 17.3 Å². The van der Waals surface area contributed by atoms with Gasteiger partial charge in [-0.05, 0) is 28.9 Å². The van der Waals surface area contributed by atoms with E-state index in [2.05, 4.69) is 31.1 Å². The Morgan fingerprint density at radius 1 is 1.52 bits per heavy atom. The molecule has 0 saturated heterocycles. The zero-order valence-electron chi connectivity index (χ0n) is 11.3. The molecule has 0 unspecified atom stereocenters. The molecule has 2 heterocycles. The van der Waals surface area contributed by atoms with Gasteiger partial charge in [-0.2, -0.15) is 5.10 Å². The smallest absolute Gasteiger partial charge is 0.263 e. The predicted molar refractivity (Wildman–Crippen MR) is 83.9 cm³/mol. The average molecular weight is 393 g/mol. The fourth-order valence-corrected chi connectivity index (χ4v) is 5.08. The number of hydrogen-bond acceptors (Lipinski definition) is 5. The first-order chi connectivity index (χ1) is 9.81. The second-order valence-corrected chi connectivity index (χ2v) is 8.46. The number of aryl methyl sites for hydroxylation is 1. The Bertz CT molecular complexity index is 766. The van der Waals surface area contributed by atoms with Gasteiger partial charge >= 0.3 is 0 Å². The summed E-state index contributed by atoms with van der Waals surface area (Å²) in [7, 11) is -2.15. The molecule has 2 aromatic rings. The fraction of sp³-hybridized carbons (Fsp3) is 0.273. The molecule has 0 aliphatic heterocycles. The summed E-state index contributed by atoms with van der Waals surface area (Å²) in [6.07, 6.45) is 2.82. The normalized spacial score (nSPS) is 11.4. The van der Waals surface area contributed by atoms with Crippen molar-refractivity contribution in [2.45, 2.75) is 18.4 Å².